The van der Waals surface area contributed by atoms with Crippen molar-refractivity contribution in [2.24, 2.45) is 0 Å². The van der Waals surface area contributed by atoms with E-state index in [-0.39, 0.29) is 0 Å². The van der Waals surface area contributed by atoms with Crippen molar-refractivity contribution in [1.82, 2.24) is 5.32 Å². The van der Waals surface area contributed by atoms with Crippen molar-refractivity contribution in [3.8, 4) is 0 Å². The summed E-state index contributed by atoms with van der Waals surface area (Å²) in [6, 6.07) is -1.42. The van der Waals surface area contributed by atoms with E-state index in [1.165, 1.54) is 0 Å². The lowest BCUT2D eigenvalue weighted by atomic mass is 9.95. The largest absolute Gasteiger partial charge is 0.394 e. The number of aliphatic hydroxyl groups excluding tert-OH is 11. The zero-order valence-electron chi connectivity index (χ0n) is 25.0. The molecule has 21 nitrogen and oxygen atoms in total. The molecule has 5 saturated heterocycles. The normalized spacial score (nSPS) is 52.7. The fourth-order valence-electron chi connectivity index (χ4n) is 6.20. The van der Waals surface area contributed by atoms with E-state index in [4.69, 9.17) is 37.9 Å². The highest BCUT2D eigenvalue weighted by Crippen LogP contribution is 2.36. The molecule has 0 radical (unpaired) electrons. The molecule has 1 amide bonds. The van der Waals surface area contributed by atoms with Gasteiger partial charge in [0.25, 0.3) is 0 Å². The molecule has 0 unspecified atom stereocenters. The molecule has 20 atom stereocenters. The molecule has 4 bridgehead atoms. The lowest BCUT2D eigenvalue weighted by Crippen LogP contribution is -2.69. The molecule has 12 N–H and O–H groups in total. The topological polar surface area (TPSA) is 325 Å². The summed E-state index contributed by atoms with van der Waals surface area (Å²) in [6.07, 6.45) is -33.3. The minimum Gasteiger partial charge on any atom is -0.394 e. The molecule has 272 valence electrons. The maximum Gasteiger partial charge on any atom is 0.217 e. The van der Waals surface area contributed by atoms with Gasteiger partial charge in [0.2, 0.25) is 5.91 Å². The van der Waals surface area contributed by atoms with E-state index in [0.29, 0.717) is 0 Å². The van der Waals surface area contributed by atoms with Crippen molar-refractivity contribution < 1.29 is 98.9 Å². The maximum absolute atomic E-state index is 12.3. The van der Waals surface area contributed by atoms with Crippen LogP contribution in [0.4, 0.5) is 0 Å². The van der Waals surface area contributed by atoms with Crippen molar-refractivity contribution in [2.75, 3.05) is 26.4 Å². The second-order valence-electron chi connectivity index (χ2n) is 12.0. The zero-order valence-corrected chi connectivity index (χ0v) is 25.0. The third kappa shape index (κ3) is 7.30. The number of carbonyl (C=O) groups excluding carboxylic acids is 1. The molecular weight excluding hydrogens is 646 g/mol. The molecule has 21 heteroatoms. The predicted octanol–water partition coefficient (Wildman–Crippen LogP) is -8.56. The van der Waals surface area contributed by atoms with Crippen LogP contribution in [0.5, 0.6) is 0 Å². The Morgan fingerprint density at radius 1 is 0.532 bits per heavy atom. The highest BCUT2D eigenvalue weighted by atomic mass is 16.8. The van der Waals surface area contributed by atoms with Gasteiger partial charge in [-0.25, -0.2) is 0 Å². The summed E-state index contributed by atoms with van der Waals surface area (Å²) >= 11 is 0. The van der Waals surface area contributed by atoms with Gasteiger partial charge >= 0.3 is 0 Å². The molecule has 5 fully saturated rings. The molecule has 0 aliphatic carbocycles. The fraction of sp³-hybridized carbons (Fsp3) is 0.962. The number of hydrogen-bond donors (Lipinski definition) is 12. The summed E-state index contributed by atoms with van der Waals surface area (Å²) in [6.45, 7) is -2.01. The number of rotatable bonds is 4. The van der Waals surface area contributed by atoms with Crippen LogP contribution in [0.25, 0.3) is 0 Å². The van der Waals surface area contributed by atoms with E-state index >= 15 is 0 Å². The summed E-state index contributed by atoms with van der Waals surface area (Å²) in [5.41, 5.74) is 0. The van der Waals surface area contributed by atoms with Gasteiger partial charge < -0.3 is 99.4 Å². The number of ether oxygens (including phenoxy) is 8. The highest BCUT2D eigenvalue weighted by Gasteiger charge is 2.57. The molecule has 0 saturated carbocycles. The van der Waals surface area contributed by atoms with Crippen LogP contribution in [0.3, 0.4) is 0 Å². The van der Waals surface area contributed by atoms with Gasteiger partial charge in [0, 0.05) is 6.92 Å². The van der Waals surface area contributed by atoms with Gasteiger partial charge in [-0.2, -0.15) is 0 Å². The zero-order chi connectivity index (χ0) is 34.3. The standard InChI is InChI=1S/C26H43NO20/c1-6(31)27-11-20-15(35)9(4-30)41-23(11)40-5-10-14(34)16(36)19(39)24(44-10)46-21-17(37)12(32)8(3-29)43-26(21)47-22-18(38)13(33)7(2-28)42-25(22)45-20/h7-26,28-30,32-39H,2-5H2,1H3,(H,27,31)/t7-,8-,9-,10-,11-,12-,13-,14-,15-,16+,17+,18+,19+,20-,21+,22+,23+,24-,25+,26-/m1/s1. The number of fused-ring (bicyclic) bond motifs is 6. The minimum atomic E-state index is -1.97. The Hall–Kier alpha value is -1.29. The van der Waals surface area contributed by atoms with Crippen LogP contribution in [0, 0.1) is 0 Å². The average Bonchev–Trinajstić information content (AvgIpc) is 3.04. The quantitative estimate of drug-likeness (QED) is 0.130. The molecule has 0 aromatic carbocycles. The number of nitrogens with one attached hydrogen (secondary N) is 1. The fourth-order valence-corrected chi connectivity index (χ4v) is 6.20. The molecule has 5 heterocycles. The number of aliphatic hydroxyl groups is 11. The molecule has 0 aromatic heterocycles. The first-order valence-electron chi connectivity index (χ1n) is 15.0. The Labute approximate surface area is 266 Å². The SMILES string of the molecule is CC(=O)N[C@H]1[C@H]2OC[C@H]3O[C@H](O[C@@H]4[C@@H](O[C@@H]5[C@H](O[C@H]1[C@H](O)[C@@H](CO)O2)O[C@H](CO)[C@@H](O)[C@@H]5O)O[C@H](CO)[C@@H](O)[C@@H]4O)[C@@H](O)[C@@H](O)[C@@H]3O. The third-order valence-electron chi connectivity index (χ3n) is 8.84. The molecular formula is C26H43NO20. The summed E-state index contributed by atoms with van der Waals surface area (Å²) in [7, 11) is 0. The molecule has 47 heavy (non-hydrogen) atoms. The molecule has 5 aliphatic heterocycles. The van der Waals surface area contributed by atoms with Gasteiger partial charge in [-0.15, -0.1) is 0 Å². The Kier molecular flexibility index (Phi) is 12.0. The number of carbonyl (C=O) groups is 1. The monoisotopic (exact) mass is 689 g/mol. The third-order valence-corrected chi connectivity index (χ3v) is 8.84. The van der Waals surface area contributed by atoms with E-state index in [9.17, 15) is 61.0 Å². The van der Waals surface area contributed by atoms with Gasteiger partial charge in [0.15, 0.2) is 25.2 Å². The second-order valence-corrected chi connectivity index (χ2v) is 12.0. The average molecular weight is 690 g/mol. The Morgan fingerprint density at radius 2 is 1.00 bits per heavy atom. The first-order valence-corrected chi connectivity index (χ1v) is 15.0. The molecule has 5 aliphatic rings. The summed E-state index contributed by atoms with van der Waals surface area (Å²) in [4.78, 5) is 12.3. The van der Waals surface area contributed by atoms with Crippen LogP contribution in [0.15, 0.2) is 0 Å². The smallest absolute Gasteiger partial charge is 0.217 e. The van der Waals surface area contributed by atoms with Crippen molar-refractivity contribution in [3.05, 3.63) is 0 Å². The van der Waals surface area contributed by atoms with Crippen LogP contribution in [0.1, 0.15) is 6.92 Å². The van der Waals surface area contributed by atoms with Crippen molar-refractivity contribution in [3.63, 3.8) is 0 Å². The van der Waals surface area contributed by atoms with Gasteiger partial charge in [0.05, 0.1) is 26.4 Å². The predicted molar refractivity (Wildman–Crippen MR) is 142 cm³/mol. The number of amides is 1. The first-order chi connectivity index (χ1) is 22.3. The summed E-state index contributed by atoms with van der Waals surface area (Å²) in [5, 5.41) is 119. The first kappa shape index (κ1) is 37.0. The van der Waals surface area contributed by atoms with Crippen LogP contribution in [-0.2, 0) is 42.7 Å². The Bertz CT molecular complexity index is 1040. The molecule has 5 rings (SSSR count). The minimum absolute atomic E-state index is 0.634. The van der Waals surface area contributed by atoms with E-state index in [1.807, 2.05) is 0 Å². The van der Waals surface area contributed by atoms with Gasteiger partial charge in [-0.3, -0.25) is 4.79 Å². The Balaban J connectivity index is 1.60. The Morgan fingerprint density at radius 3 is 1.51 bits per heavy atom. The van der Waals surface area contributed by atoms with Crippen LogP contribution in [-0.4, -0.2) is 211 Å². The van der Waals surface area contributed by atoms with Crippen molar-refractivity contribution in [2.45, 2.75) is 130 Å². The van der Waals surface area contributed by atoms with Crippen molar-refractivity contribution >= 4 is 5.91 Å². The van der Waals surface area contributed by atoms with Gasteiger partial charge in [0.1, 0.15) is 97.6 Å². The van der Waals surface area contributed by atoms with E-state index in [0.717, 1.165) is 6.92 Å². The summed E-state index contributed by atoms with van der Waals surface area (Å²) in [5.74, 6) is -0.670. The van der Waals surface area contributed by atoms with Crippen molar-refractivity contribution in [1.29, 1.82) is 0 Å². The second kappa shape index (κ2) is 15.3. The van der Waals surface area contributed by atoms with Crippen LogP contribution in [0.2, 0.25) is 0 Å². The van der Waals surface area contributed by atoms with E-state index < -0.39 is 155 Å². The van der Waals surface area contributed by atoms with E-state index in [2.05, 4.69) is 5.32 Å². The highest BCUT2D eigenvalue weighted by molar-refractivity contribution is 5.73. The maximum atomic E-state index is 12.3. The van der Waals surface area contributed by atoms with Crippen LogP contribution >= 0.6 is 0 Å². The molecule has 0 spiro atoms. The van der Waals surface area contributed by atoms with Crippen LogP contribution < -0.4 is 5.32 Å². The summed E-state index contributed by atoms with van der Waals surface area (Å²) < 4.78 is 46.2. The van der Waals surface area contributed by atoms with E-state index in [1.54, 1.807) is 0 Å². The number of hydrogen-bond acceptors (Lipinski definition) is 20. The lowest BCUT2D eigenvalue weighted by molar-refractivity contribution is -0.397. The lowest BCUT2D eigenvalue weighted by Gasteiger charge is -2.49. The molecule has 0 aromatic rings. The van der Waals surface area contributed by atoms with Gasteiger partial charge in [-0.05, 0) is 0 Å². The van der Waals surface area contributed by atoms with Gasteiger partial charge in [-0.1, -0.05) is 0 Å².